The van der Waals surface area contributed by atoms with Crippen molar-refractivity contribution in [2.45, 2.75) is 13.5 Å². The van der Waals surface area contributed by atoms with Gasteiger partial charge in [-0.2, -0.15) is 0 Å². The average Bonchev–Trinajstić information content (AvgIpc) is 2.01. The van der Waals surface area contributed by atoms with Crippen LogP contribution in [0.3, 0.4) is 0 Å². The number of pyridine rings is 1. The first-order valence-electron chi connectivity index (χ1n) is 3.87. The summed E-state index contributed by atoms with van der Waals surface area (Å²) in [5.74, 6) is 0.00139. The molecular formula is C9H13IN2O. The number of nitrogens with one attached hydrogen (secondary N) is 1. The highest BCUT2D eigenvalue weighted by molar-refractivity contribution is 5.72. The van der Waals surface area contributed by atoms with Crippen LogP contribution in [0.5, 0.6) is 0 Å². The summed E-state index contributed by atoms with van der Waals surface area (Å²) in [6.07, 6.45) is 3.94. The summed E-state index contributed by atoms with van der Waals surface area (Å²) in [5, 5.41) is 2.74. The number of carbonyl (C=O) groups is 1. The molecule has 1 aromatic heterocycles. The minimum absolute atomic E-state index is 0. The van der Waals surface area contributed by atoms with E-state index in [-0.39, 0.29) is 29.9 Å². The molecule has 1 rings (SSSR count). The Balaban J connectivity index is 0.00000144. The molecular weight excluding hydrogens is 279 g/mol. The van der Waals surface area contributed by atoms with Crippen molar-refractivity contribution in [1.29, 1.82) is 0 Å². The Morgan fingerprint density at radius 3 is 2.85 bits per heavy atom. The van der Waals surface area contributed by atoms with Gasteiger partial charge >= 0.3 is 0 Å². The van der Waals surface area contributed by atoms with Crippen LogP contribution in [-0.2, 0) is 18.4 Å². The second-order valence-electron chi connectivity index (χ2n) is 2.79. The number of halogens is 1. The van der Waals surface area contributed by atoms with Crippen LogP contribution in [0.1, 0.15) is 12.5 Å². The lowest BCUT2D eigenvalue weighted by Crippen LogP contribution is -3.00. The third-order valence-corrected chi connectivity index (χ3v) is 1.54. The van der Waals surface area contributed by atoms with E-state index in [9.17, 15) is 4.79 Å². The molecule has 1 aromatic rings. The standard InChI is InChI=1S/C9H12N2O.HI/c1-8(12)10-6-9-4-3-5-11(2)7-9;/h3-5,7H,6H2,1-2H3;1H. The molecule has 1 heterocycles. The second kappa shape index (κ2) is 5.90. The molecule has 1 N–H and O–H groups in total. The van der Waals surface area contributed by atoms with Gasteiger partial charge in [0.2, 0.25) is 5.91 Å². The lowest BCUT2D eigenvalue weighted by Gasteiger charge is -1.99. The zero-order valence-electron chi connectivity index (χ0n) is 7.75. The predicted octanol–water partition coefficient (Wildman–Crippen LogP) is -2.85. The largest absolute Gasteiger partial charge is 1.00 e. The summed E-state index contributed by atoms with van der Waals surface area (Å²) in [6, 6.07) is 3.94. The van der Waals surface area contributed by atoms with Crippen LogP contribution in [0.2, 0.25) is 0 Å². The summed E-state index contributed by atoms with van der Waals surface area (Å²) < 4.78 is 1.96. The fourth-order valence-electron chi connectivity index (χ4n) is 0.981. The summed E-state index contributed by atoms with van der Waals surface area (Å²) in [7, 11) is 1.96. The molecule has 0 aliphatic carbocycles. The number of rotatable bonds is 2. The predicted molar refractivity (Wildman–Crippen MR) is 45.1 cm³/mol. The van der Waals surface area contributed by atoms with Crippen molar-refractivity contribution >= 4 is 5.91 Å². The molecule has 0 radical (unpaired) electrons. The maximum absolute atomic E-state index is 10.6. The third kappa shape index (κ3) is 4.82. The average molecular weight is 292 g/mol. The lowest BCUT2D eigenvalue weighted by atomic mass is 10.3. The molecule has 72 valence electrons. The van der Waals surface area contributed by atoms with Crippen molar-refractivity contribution in [3.63, 3.8) is 0 Å². The van der Waals surface area contributed by atoms with Gasteiger partial charge in [-0.05, 0) is 6.07 Å². The van der Waals surface area contributed by atoms with Gasteiger partial charge in [0.15, 0.2) is 12.4 Å². The number of nitrogens with zero attached hydrogens (tertiary/aromatic N) is 1. The molecule has 0 fully saturated rings. The van der Waals surface area contributed by atoms with E-state index < -0.39 is 0 Å². The normalized spacial score (nSPS) is 8.77. The Morgan fingerprint density at radius 2 is 2.31 bits per heavy atom. The van der Waals surface area contributed by atoms with Crippen LogP contribution in [0.15, 0.2) is 24.5 Å². The Bertz CT molecular complexity index is 289. The van der Waals surface area contributed by atoms with Crippen LogP contribution in [0, 0.1) is 0 Å². The van der Waals surface area contributed by atoms with Crippen LogP contribution >= 0.6 is 0 Å². The van der Waals surface area contributed by atoms with Gasteiger partial charge in [-0.25, -0.2) is 4.57 Å². The zero-order valence-corrected chi connectivity index (χ0v) is 9.91. The number of hydrogen-bond donors (Lipinski definition) is 1. The molecule has 13 heavy (non-hydrogen) atoms. The van der Waals surface area contributed by atoms with Crippen molar-refractivity contribution in [3.05, 3.63) is 30.1 Å². The van der Waals surface area contributed by atoms with Gasteiger partial charge in [0.1, 0.15) is 7.05 Å². The first-order chi connectivity index (χ1) is 5.68. The Morgan fingerprint density at radius 1 is 1.62 bits per heavy atom. The quantitative estimate of drug-likeness (QED) is 0.462. The Kier molecular flexibility index (Phi) is 5.61. The minimum atomic E-state index is 0. The summed E-state index contributed by atoms with van der Waals surface area (Å²) >= 11 is 0. The van der Waals surface area contributed by atoms with Crippen LogP contribution in [-0.4, -0.2) is 5.91 Å². The molecule has 3 nitrogen and oxygen atoms in total. The topological polar surface area (TPSA) is 33.0 Å². The molecule has 0 saturated carbocycles. The summed E-state index contributed by atoms with van der Waals surface area (Å²) in [4.78, 5) is 10.6. The van der Waals surface area contributed by atoms with Gasteiger partial charge in [-0.3, -0.25) is 4.79 Å². The molecule has 1 amide bonds. The fourth-order valence-corrected chi connectivity index (χ4v) is 0.981. The highest BCUT2D eigenvalue weighted by Crippen LogP contribution is 1.92. The molecule has 0 aromatic carbocycles. The maximum Gasteiger partial charge on any atom is 0.217 e. The smallest absolute Gasteiger partial charge is 0.217 e. The van der Waals surface area contributed by atoms with Gasteiger partial charge in [-0.1, -0.05) is 0 Å². The van der Waals surface area contributed by atoms with Gasteiger partial charge in [0.25, 0.3) is 0 Å². The first-order valence-corrected chi connectivity index (χ1v) is 3.87. The molecule has 0 aliphatic rings. The maximum atomic E-state index is 10.6. The summed E-state index contributed by atoms with van der Waals surface area (Å²) in [5.41, 5.74) is 1.11. The molecule has 0 unspecified atom stereocenters. The molecule has 0 bridgehead atoms. The van der Waals surface area contributed by atoms with E-state index in [2.05, 4.69) is 5.32 Å². The van der Waals surface area contributed by atoms with E-state index >= 15 is 0 Å². The van der Waals surface area contributed by atoms with Gasteiger partial charge in [-0.15, -0.1) is 0 Å². The van der Waals surface area contributed by atoms with E-state index in [1.54, 1.807) is 0 Å². The molecule has 0 spiro atoms. The number of aryl methyl sites for hydroxylation is 1. The van der Waals surface area contributed by atoms with Gasteiger partial charge in [0, 0.05) is 25.1 Å². The van der Waals surface area contributed by atoms with Crippen molar-refractivity contribution in [1.82, 2.24) is 5.32 Å². The van der Waals surface area contributed by atoms with E-state index in [1.165, 1.54) is 6.92 Å². The highest BCUT2D eigenvalue weighted by Gasteiger charge is 1.97. The zero-order chi connectivity index (χ0) is 8.97. The monoisotopic (exact) mass is 292 g/mol. The number of hydrogen-bond acceptors (Lipinski definition) is 1. The minimum Gasteiger partial charge on any atom is -1.00 e. The van der Waals surface area contributed by atoms with Gasteiger partial charge in [0.05, 0.1) is 0 Å². The summed E-state index contributed by atoms with van der Waals surface area (Å²) in [6.45, 7) is 2.12. The number of amides is 1. The van der Waals surface area contributed by atoms with Crippen LogP contribution in [0.25, 0.3) is 0 Å². The van der Waals surface area contributed by atoms with Crippen molar-refractivity contribution < 1.29 is 33.3 Å². The van der Waals surface area contributed by atoms with E-state index in [0.29, 0.717) is 6.54 Å². The molecule has 4 heteroatoms. The van der Waals surface area contributed by atoms with Crippen LogP contribution in [0.4, 0.5) is 0 Å². The second-order valence-corrected chi connectivity index (χ2v) is 2.79. The molecule has 0 atom stereocenters. The van der Waals surface area contributed by atoms with Crippen molar-refractivity contribution in [2.24, 2.45) is 7.05 Å². The van der Waals surface area contributed by atoms with Crippen molar-refractivity contribution in [3.8, 4) is 0 Å². The van der Waals surface area contributed by atoms with Gasteiger partial charge < -0.3 is 29.3 Å². The van der Waals surface area contributed by atoms with Crippen molar-refractivity contribution in [2.75, 3.05) is 0 Å². The fraction of sp³-hybridized carbons (Fsp3) is 0.333. The first kappa shape index (κ1) is 12.3. The lowest BCUT2D eigenvalue weighted by molar-refractivity contribution is -0.671. The van der Waals surface area contributed by atoms with E-state index in [0.717, 1.165) is 5.56 Å². The van der Waals surface area contributed by atoms with E-state index in [4.69, 9.17) is 0 Å². The number of aromatic nitrogens is 1. The van der Waals surface area contributed by atoms with Crippen LogP contribution < -0.4 is 33.9 Å². The molecule has 0 saturated heterocycles. The highest BCUT2D eigenvalue weighted by atomic mass is 127. The van der Waals surface area contributed by atoms with E-state index in [1.807, 2.05) is 36.1 Å². The Hall–Kier alpha value is -0.650. The molecule has 0 aliphatic heterocycles. The third-order valence-electron chi connectivity index (χ3n) is 1.54. The Labute approximate surface area is 95.2 Å². The SMILES string of the molecule is CC(=O)NCc1ccc[n+](C)c1.[I-]. The number of carbonyl (C=O) groups excluding carboxylic acids is 1.